The number of methoxy groups -OCH3 is 1. The lowest BCUT2D eigenvalue weighted by Crippen LogP contribution is -2.13. The van der Waals surface area contributed by atoms with Crippen molar-refractivity contribution in [3.63, 3.8) is 0 Å². The highest BCUT2D eigenvalue weighted by molar-refractivity contribution is 6.32. The topological polar surface area (TPSA) is 51.2 Å². The van der Waals surface area contributed by atoms with E-state index in [0.717, 1.165) is 17.3 Å². The molecular weight excluding hydrogens is 343 g/mol. The van der Waals surface area contributed by atoms with Crippen molar-refractivity contribution in [1.29, 1.82) is 0 Å². The number of hydrogen-bond acceptors (Lipinski definition) is 4. The maximum Gasteiger partial charge on any atom is 0.337 e. The molecule has 0 radical (unpaired) electrons. The van der Waals surface area contributed by atoms with Gasteiger partial charge < -0.3 is 10.1 Å². The summed E-state index contributed by atoms with van der Waals surface area (Å²) >= 11 is 6.24. The Hall–Kier alpha value is -2.66. The van der Waals surface area contributed by atoms with Gasteiger partial charge in [-0.25, -0.2) is 9.18 Å². The predicted molar refractivity (Wildman–Crippen MR) is 97.3 cm³/mol. The van der Waals surface area contributed by atoms with Crippen LogP contribution >= 0.6 is 11.6 Å². The van der Waals surface area contributed by atoms with Crippen LogP contribution in [-0.4, -0.2) is 18.1 Å². The van der Waals surface area contributed by atoms with Crippen LogP contribution in [0.25, 0.3) is 11.4 Å². The minimum absolute atomic E-state index is 0.407. The zero-order valence-corrected chi connectivity index (χ0v) is 14.9. The molecule has 2 rings (SSSR count). The summed E-state index contributed by atoms with van der Waals surface area (Å²) in [6, 6.07) is 8.00. The third kappa shape index (κ3) is 4.45. The molecule has 25 heavy (non-hydrogen) atoms. The van der Waals surface area contributed by atoms with Crippen molar-refractivity contribution in [2.75, 3.05) is 7.11 Å². The van der Waals surface area contributed by atoms with Crippen molar-refractivity contribution in [3.05, 3.63) is 76.3 Å². The monoisotopic (exact) mass is 360 g/mol. The number of aromatic nitrogens is 1. The number of hydrogen-bond donors (Lipinski definition) is 1. The molecule has 0 unspecified atom stereocenters. The average Bonchev–Trinajstić information content (AvgIpc) is 2.59. The maximum absolute atomic E-state index is 13.0. The van der Waals surface area contributed by atoms with Gasteiger partial charge in [-0.2, -0.15) is 0 Å². The zero-order valence-electron chi connectivity index (χ0n) is 14.2. The largest absolute Gasteiger partial charge is 0.465 e. The van der Waals surface area contributed by atoms with Crippen LogP contribution in [0.4, 0.5) is 4.39 Å². The molecular formula is C19H18ClFN2O2. The fourth-order valence-electron chi connectivity index (χ4n) is 2.30. The van der Waals surface area contributed by atoms with E-state index in [0.29, 0.717) is 27.7 Å². The van der Waals surface area contributed by atoms with Crippen molar-refractivity contribution >= 4 is 29.0 Å². The molecule has 0 aliphatic rings. The number of pyridine rings is 1. The number of ether oxygens (including phenoxy) is 1. The highest BCUT2D eigenvalue weighted by Gasteiger charge is 2.13. The molecule has 1 heterocycles. The molecule has 1 aromatic carbocycles. The highest BCUT2D eigenvalue weighted by Crippen LogP contribution is 2.25. The summed E-state index contributed by atoms with van der Waals surface area (Å²) in [7, 11) is 1.33. The lowest BCUT2D eigenvalue weighted by molar-refractivity contribution is 0.0600. The Morgan fingerprint density at radius 1 is 1.32 bits per heavy atom. The molecule has 1 aromatic heterocycles. The first kappa shape index (κ1) is 18.7. The van der Waals surface area contributed by atoms with Crippen molar-refractivity contribution in [2.24, 2.45) is 0 Å². The Morgan fingerprint density at radius 2 is 2.04 bits per heavy atom. The molecule has 0 spiro atoms. The van der Waals surface area contributed by atoms with Gasteiger partial charge in [0.25, 0.3) is 0 Å². The number of carbonyl (C=O) groups excluding carboxylic acids is 1. The summed E-state index contributed by atoms with van der Waals surface area (Å²) in [4.78, 5) is 15.6. The van der Waals surface area contributed by atoms with Crippen LogP contribution in [0.2, 0.25) is 0 Å². The van der Waals surface area contributed by atoms with E-state index < -0.39 is 11.8 Å². The van der Waals surface area contributed by atoms with Crippen LogP contribution in [-0.2, 0) is 4.74 Å². The van der Waals surface area contributed by atoms with Crippen LogP contribution in [0.5, 0.6) is 0 Å². The van der Waals surface area contributed by atoms with Crippen LogP contribution < -0.4 is 5.32 Å². The van der Waals surface area contributed by atoms with E-state index in [9.17, 15) is 9.18 Å². The Balaban J connectivity index is 2.33. The number of halogens is 2. The van der Waals surface area contributed by atoms with Crippen molar-refractivity contribution in [3.8, 4) is 0 Å². The fourth-order valence-corrected chi connectivity index (χ4v) is 2.45. The minimum atomic E-state index is -0.421. The SMILES string of the molecule is C=C(N/C(=C(\C)Cl)c1ccc(C(=O)OC)cc1C)c1ccc(F)cn1. The van der Waals surface area contributed by atoms with Gasteiger partial charge in [0.05, 0.1) is 36.0 Å². The lowest BCUT2D eigenvalue weighted by Gasteiger charge is -2.17. The smallest absolute Gasteiger partial charge is 0.337 e. The third-order valence-corrected chi connectivity index (χ3v) is 3.76. The summed E-state index contributed by atoms with van der Waals surface area (Å²) in [6.45, 7) is 7.53. The Kier molecular flexibility index (Phi) is 5.93. The summed E-state index contributed by atoms with van der Waals surface area (Å²) in [5, 5.41) is 3.64. The van der Waals surface area contributed by atoms with E-state index in [1.165, 1.54) is 19.2 Å². The predicted octanol–water partition coefficient (Wildman–Crippen LogP) is 4.50. The summed E-state index contributed by atoms with van der Waals surface area (Å²) in [5.74, 6) is -0.828. The normalized spacial score (nSPS) is 11.6. The van der Waals surface area contributed by atoms with Crippen LogP contribution in [0.3, 0.4) is 0 Å². The number of rotatable bonds is 5. The summed E-state index contributed by atoms with van der Waals surface area (Å²) < 4.78 is 17.7. The van der Waals surface area contributed by atoms with E-state index in [1.54, 1.807) is 25.1 Å². The Labute approximate surface area is 151 Å². The molecule has 4 nitrogen and oxygen atoms in total. The average molecular weight is 361 g/mol. The second-order valence-electron chi connectivity index (χ2n) is 5.39. The van der Waals surface area contributed by atoms with Gasteiger partial charge in [0.1, 0.15) is 5.82 Å². The standard InChI is InChI=1S/C19H18ClFN2O2/c1-11-9-14(19(24)25-4)5-7-16(11)18(12(2)20)23-13(3)17-8-6-15(21)10-22-17/h5-10,23H,3H2,1-2,4H3/b18-12+. The number of allylic oxidation sites excluding steroid dienone is 1. The molecule has 0 saturated carbocycles. The second-order valence-corrected chi connectivity index (χ2v) is 5.96. The molecule has 0 atom stereocenters. The first-order valence-corrected chi connectivity index (χ1v) is 7.85. The van der Waals surface area contributed by atoms with Gasteiger partial charge in [-0.15, -0.1) is 0 Å². The van der Waals surface area contributed by atoms with Gasteiger partial charge in [-0.1, -0.05) is 24.2 Å². The minimum Gasteiger partial charge on any atom is -0.465 e. The number of benzene rings is 1. The van der Waals surface area contributed by atoms with Crippen molar-refractivity contribution < 1.29 is 13.9 Å². The van der Waals surface area contributed by atoms with Gasteiger partial charge in [-0.3, -0.25) is 4.98 Å². The molecule has 0 amide bonds. The first-order chi connectivity index (χ1) is 11.8. The highest BCUT2D eigenvalue weighted by atomic mass is 35.5. The number of esters is 1. The molecule has 1 N–H and O–H groups in total. The molecule has 0 fully saturated rings. The first-order valence-electron chi connectivity index (χ1n) is 7.47. The van der Waals surface area contributed by atoms with Gasteiger partial charge in [0.2, 0.25) is 0 Å². The molecule has 0 aliphatic carbocycles. The van der Waals surface area contributed by atoms with Gasteiger partial charge in [-0.05, 0) is 43.7 Å². The number of nitrogens with zero attached hydrogens (tertiary/aromatic N) is 1. The van der Waals surface area contributed by atoms with Gasteiger partial charge in [0, 0.05) is 10.6 Å². The lowest BCUT2D eigenvalue weighted by atomic mass is 10.0. The molecule has 2 aromatic rings. The Bertz CT molecular complexity index is 841. The maximum atomic E-state index is 13.0. The molecule has 0 bridgehead atoms. The van der Waals surface area contributed by atoms with Crippen LogP contribution in [0.15, 0.2) is 48.1 Å². The van der Waals surface area contributed by atoms with Gasteiger partial charge in [0.15, 0.2) is 0 Å². The second kappa shape index (κ2) is 7.94. The zero-order chi connectivity index (χ0) is 18.6. The summed E-state index contributed by atoms with van der Waals surface area (Å²) in [5.41, 5.74) is 3.71. The van der Waals surface area contributed by atoms with E-state index in [2.05, 4.69) is 16.9 Å². The van der Waals surface area contributed by atoms with Crippen LogP contribution in [0, 0.1) is 12.7 Å². The molecule has 0 aliphatic heterocycles. The molecule has 130 valence electrons. The van der Waals surface area contributed by atoms with E-state index >= 15 is 0 Å². The number of aryl methyl sites for hydroxylation is 1. The van der Waals surface area contributed by atoms with E-state index in [1.807, 2.05) is 6.92 Å². The van der Waals surface area contributed by atoms with Crippen molar-refractivity contribution in [2.45, 2.75) is 13.8 Å². The molecule has 0 saturated heterocycles. The summed E-state index contributed by atoms with van der Waals surface area (Å²) in [6.07, 6.45) is 1.12. The number of carbonyl (C=O) groups is 1. The van der Waals surface area contributed by atoms with E-state index in [-0.39, 0.29) is 0 Å². The number of nitrogens with one attached hydrogen (secondary N) is 1. The van der Waals surface area contributed by atoms with E-state index in [4.69, 9.17) is 16.3 Å². The third-order valence-electron chi connectivity index (χ3n) is 3.57. The molecule has 6 heteroatoms. The van der Waals surface area contributed by atoms with Crippen LogP contribution in [0.1, 0.15) is 34.1 Å². The quantitative estimate of drug-likeness (QED) is 0.797. The van der Waals surface area contributed by atoms with Crippen molar-refractivity contribution in [1.82, 2.24) is 10.3 Å². The Morgan fingerprint density at radius 3 is 2.56 bits per heavy atom. The van der Waals surface area contributed by atoms with Gasteiger partial charge >= 0.3 is 5.97 Å². The fraction of sp³-hybridized carbons (Fsp3) is 0.158.